The summed E-state index contributed by atoms with van der Waals surface area (Å²) in [4.78, 5) is 25.2. The Hall–Kier alpha value is -2.29. The van der Waals surface area contributed by atoms with Crippen LogP contribution in [0.2, 0.25) is 0 Å². The minimum Gasteiger partial charge on any atom is -0.478 e. The lowest BCUT2D eigenvalue weighted by Crippen LogP contribution is -2.35. The molecule has 0 N–H and O–H groups in total. The Bertz CT molecular complexity index is 527. The fourth-order valence-electron chi connectivity index (χ4n) is 1.63. The molecule has 0 fully saturated rings. The second-order valence-corrected chi connectivity index (χ2v) is 3.82. The molecule has 0 aromatic carbocycles. The molecule has 6 nitrogen and oxygen atoms in total. The third-order valence-corrected chi connectivity index (χ3v) is 2.69. The van der Waals surface area contributed by atoms with Crippen LogP contribution in [0.4, 0.5) is 0 Å². The highest BCUT2D eigenvalue weighted by molar-refractivity contribution is 5.77. The molecule has 0 spiro atoms. The minimum absolute atomic E-state index is 0.0416. The summed E-state index contributed by atoms with van der Waals surface area (Å²) in [6, 6.07) is 4.98. The van der Waals surface area contributed by atoms with E-state index in [-0.39, 0.29) is 24.8 Å². The predicted octanol–water partition coefficient (Wildman–Crippen LogP) is 0.619. The van der Waals surface area contributed by atoms with Gasteiger partial charge in [-0.2, -0.15) is 5.26 Å². The first-order valence-electron chi connectivity index (χ1n) is 6.11. The van der Waals surface area contributed by atoms with E-state index in [9.17, 15) is 9.59 Å². The van der Waals surface area contributed by atoms with E-state index in [1.54, 1.807) is 11.0 Å². The second-order valence-electron chi connectivity index (χ2n) is 3.82. The lowest BCUT2D eigenvalue weighted by atomic mass is 10.4. The van der Waals surface area contributed by atoms with Crippen LogP contribution in [0, 0.1) is 11.3 Å². The monoisotopic (exact) mass is 263 g/mol. The number of carbonyl (C=O) groups excluding carboxylic acids is 1. The van der Waals surface area contributed by atoms with Gasteiger partial charge in [0.1, 0.15) is 6.54 Å². The zero-order valence-corrected chi connectivity index (χ0v) is 11.1. The molecule has 0 saturated heterocycles. The van der Waals surface area contributed by atoms with Gasteiger partial charge in [0, 0.05) is 19.3 Å². The van der Waals surface area contributed by atoms with Gasteiger partial charge < -0.3 is 9.64 Å². The minimum atomic E-state index is -0.406. The standard InChI is InChI=1S/C13H17N3O3/c1-3-15(4-2)12(17)10-19-11-6-5-8-16(9-7-14)13(11)18/h5-6,8H,3-4,9-10H2,1-2H3. The van der Waals surface area contributed by atoms with Crippen LogP contribution in [0.15, 0.2) is 23.1 Å². The van der Waals surface area contributed by atoms with Crippen molar-refractivity contribution in [3.63, 3.8) is 0 Å². The van der Waals surface area contributed by atoms with Gasteiger partial charge in [0.2, 0.25) is 0 Å². The molecule has 0 aliphatic rings. The van der Waals surface area contributed by atoms with Gasteiger partial charge in [-0.1, -0.05) is 0 Å². The number of nitrogens with zero attached hydrogens (tertiary/aromatic N) is 3. The maximum Gasteiger partial charge on any atom is 0.293 e. The zero-order valence-electron chi connectivity index (χ0n) is 11.1. The van der Waals surface area contributed by atoms with Crippen LogP contribution in [-0.4, -0.2) is 35.1 Å². The van der Waals surface area contributed by atoms with Crippen molar-refractivity contribution in [3.05, 3.63) is 28.7 Å². The van der Waals surface area contributed by atoms with Crippen LogP contribution in [0.25, 0.3) is 0 Å². The number of pyridine rings is 1. The largest absolute Gasteiger partial charge is 0.478 e. The van der Waals surface area contributed by atoms with Crippen LogP contribution < -0.4 is 10.3 Å². The summed E-state index contributed by atoms with van der Waals surface area (Å²) >= 11 is 0. The van der Waals surface area contributed by atoms with Gasteiger partial charge in [-0.15, -0.1) is 0 Å². The molecule has 1 aromatic heterocycles. The van der Waals surface area contributed by atoms with Crippen molar-refractivity contribution in [3.8, 4) is 11.8 Å². The third-order valence-electron chi connectivity index (χ3n) is 2.69. The van der Waals surface area contributed by atoms with E-state index in [2.05, 4.69) is 0 Å². The molecule has 0 aliphatic carbocycles. The number of carbonyl (C=O) groups is 1. The summed E-state index contributed by atoms with van der Waals surface area (Å²) < 4.78 is 6.47. The fraction of sp³-hybridized carbons (Fsp3) is 0.462. The summed E-state index contributed by atoms with van der Waals surface area (Å²) in [6.07, 6.45) is 1.50. The smallest absolute Gasteiger partial charge is 0.293 e. The van der Waals surface area contributed by atoms with Gasteiger partial charge in [-0.3, -0.25) is 14.2 Å². The van der Waals surface area contributed by atoms with Crippen molar-refractivity contribution in [1.82, 2.24) is 9.47 Å². The summed E-state index contributed by atoms with van der Waals surface area (Å²) in [7, 11) is 0. The second kappa shape index (κ2) is 7.21. The topological polar surface area (TPSA) is 75.3 Å². The van der Waals surface area contributed by atoms with Crippen molar-refractivity contribution >= 4 is 5.91 Å². The summed E-state index contributed by atoms with van der Waals surface area (Å²) in [5.74, 6) is -0.0849. The molecule has 102 valence electrons. The molecule has 0 radical (unpaired) electrons. The Kier molecular flexibility index (Phi) is 5.61. The number of amides is 1. The first-order valence-corrected chi connectivity index (χ1v) is 6.11. The highest BCUT2D eigenvalue weighted by atomic mass is 16.5. The van der Waals surface area contributed by atoms with Gasteiger partial charge >= 0.3 is 0 Å². The number of aromatic nitrogens is 1. The normalized spacial score (nSPS) is 9.74. The molecule has 1 amide bonds. The van der Waals surface area contributed by atoms with Crippen LogP contribution in [0.3, 0.4) is 0 Å². The highest BCUT2D eigenvalue weighted by Gasteiger charge is 2.11. The number of likely N-dealkylation sites (N-methyl/N-ethyl adjacent to an activating group) is 1. The zero-order chi connectivity index (χ0) is 14.3. The maximum atomic E-state index is 11.8. The average Bonchev–Trinajstić information content (AvgIpc) is 2.41. The Morgan fingerprint density at radius 3 is 2.74 bits per heavy atom. The lowest BCUT2D eigenvalue weighted by Gasteiger charge is -2.18. The van der Waals surface area contributed by atoms with Gasteiger partial charge in [0.15, 0.2) is 12.4 Å². The number of hydrogen-bond acceptors (Lipinski definition) is 4. The number of nitriles is 1. The number of ether oxygens (including phenoxy) is 1. The Labute approximate surface area is 111 Å². The fourth-order valence-corrected chi connectivity index (χ4v) is 1.63. The van der Waals surface area contributed by atoms with E-state index in [0.717, 1.165) is 0 Å². The molecular formula is C13H17N3O3. The van der Waals surface area contributed by atoms with Crippen molar-refractivity contribution in [2.45, 2.75) is 20.4 Å². The molecule has 0 atom stereocenters. The van der Waals surface area contributed by atoms with Crippen LogP contribution in [0.5, 0.6) is 5.75 Å². The van der Waals surface area contributed by atoms with Gasteiger partial charge in [-0.05, 0) is 26.0 Å². The van der Waals surface area contributed by atoms with E-state index in [1.165, 1.54) is 16.8 Å². The number of rotatable bonds is 6. The summed E-state index contributed by atoms with van der Waals surface area (Å²) in [5, 5.41) is 8.58. The molecule has 0 aliphatic heterocycles. The van der Waals surface area contributed by atoms with E-state index in [1.807, 2.05) is 19.9 Å². The molecule has 6 heteroatoms. The summed E-state index contributed by atoms with van der Waals surface area (Å²) in [6.45, 7) is 4.75. The maximum absolute atomic E-state index is 11.8. The SMILES string of the molecule is CCN(CC)C(=O)COc1cccn(CC#N)c1=O. The predicted molar refractivity (Wildman–Crippen MR) is 69.7 cm³/mol. The Morgan fingerprint density at radius 2 is 2.16 bits per heavy atom. The molecule has 1 heterocycles. The first-order chi connectivity index (χ1) is 9.13. The molecule has 1 aromatic rings. The Morgan fingerprint density at radius 1 is 1.47 bits per heavy atom. The average molecular weight is 263 g/mol. The highest BCUT2D eigenvalue weighted by Crippen LogP contribution is 2.02. The van der Waals surface area contributed by atoms with Crippen LogP contribution >= 0.6 is 0 Å². The van der Waals surface area contributed by atoms with E-state index in [0.29, 0.717) is 13.1 Å². The summed E-state index contributed by atoms with van der Waals surface area (Å²) in [5.41, 5.74) is -0.406. The first kappa shape index (κ1) is 14.8. The van der Waals surface area contributed by atoms with E-state index < -0.39 is 5.56 Å². The van der Waals surface area contributed by atoms with Crippen molar-refractivity contribution < 1.29 is 9.53 Å². The van der Waals surface area contributed by atoms with Crippen LogP contribution in [0.1, 0.15) is 13.8 Å². The quantitative estimate of drug-likeness (QED) is 0.754. The van der Waals surface area contributed by atoms with Gasteiger partial charge in [-0.25, -0.2) is 0 Å². The van der Waals surface area contributed by atoms with E-state index in [4.69, 9.17) is 10.00 Å². The molecule has 0 saturated carbocycles. The third kappa shape index (κ3) is 3.85. The molecular weight excluding hydrogens is 246 g/mol. The molecule has 0 unspecified atom stereocenters. The Balaban J connectivity index is 2.74. The van der Waals surface area contributed by atoms with Crippen molar-refractivity contribution in [2.24, 2.45) is 0 Å². The van der Waals surface area contributed by atoms with Crippen LogP contribution in [-0.2, 0) is 11.3 Å². The number of hydrogen-bond donors (Lipinski definition) is 0. The molecule has 0 bridgehead atoms. The molecule has 1 rings (SSSR count). The van der Waals surface area contributed by atoms with Gasteiger partial charge in [0.25, 0.3) is 11.5 Å². The van der Waals surface area contributed by atoms with E-state index >= 15 is 0 Å². The lowest BCUT2D eigenvalue weighted by molar-refractivity contribution is -0.133. The van der Waals surface area contributed by atoms with Crippen molar-refractivity contribution in [2.75, 3.05) is 19.7 Å². The molecule has 19 heavy (non-hydrogen) atoms. The van der Waals surface area contributed by atoms with Gasteiger partial charge in [0.05, 0.1) is 6.07 Å². The van der Waals surface area contributed by atoms with Crippen molar-refractivity contribution in [1.29, 1.82) is 5.26 Å².